The van der Waals surface area contributed by atoms with Crippen molar-refractivity contribution >= 4 is 5.91 Å². The van der Waals surface area contributed by atoms with Crippen LogP contribution >= 0.6 is 0 Å². The quantitative estimate of drug-likeness (QED) is 0.866. The molecule has 4 heteroatoms. The Hall–Kier alpha value is -1.55. The van der Waals surface area contributed by atoms with Crippen LogP contribution in [0.4, 0.5) is 0 Å². The molecule has 2 N–H and O–H groups in total. The Morgan fingerprint density at radius 1 is 1.39 bits per heavy atom. The third-order valence-electron chi connectivity index (χ3n) is 2.78. The molecule has 0 aliphatic rings. The van der Waals surface area contributed by atoms with Gasteiger partial charge in [0.2, 0.25) is 5.91 Å². The summed E-state index contributed by atoms with van der Waals surface area (Å²) in [4.78, 5) is 13.8. The molecule has 4 nitrogen and oxygen atoms in total. The summed E-state index contributed by atoms with van der Waals surface area (Å²) >= 11 is 0. The van der Waals surface area contributed by atoms with Crippen molar-refractivity contribution in [3.63, 3.8) is 0 Å². The van der Waals surface area contributed by atoms with E-state index in [9.17, 15) is 4.79 Å². The Kier molecular flexibility index (Phi) is 5.16. The number of nitrogens with two attached hydrogens (primary N) is 1. The van der Waals surface area contributed by atoms with Crippen LogP contribution in [0.2, 0.25) is 0 Å². The van der Waals surface area contributed by atoms with E-state index in [2.05, 4.69) is 0 Å². The van der Waals surface area contributed by atoms with Gasteiger partial charge in [0.25, 0.3) is 0 Å². The molecule has 0 spiro atoms. The summed E-state index contributed by atoms with van der Waals surface area (Å²) < 4.78 is 5.18. The van der Waals surface area contributed by atoms with Gasteiger partial charge in [-0.15, -0.1) is 0 Å². The minimum absolute atomic E-state index is 0.0344. The van der Waals surface area contributed by atoms with Crippen LogP contribution < -0.4 is 10.5 Å². The average Bonchev–Trinajstić information content (AvgIpc) is 2.35. The first kappa shape index (κ1) is 14.5. The topological polar surface area (TPSA) is 55.6 Å². The van der Waals surface area contributed by atoms with Gasteiger partial charge >= 0.3 is 0 Å². The Morgan fingerprint density at radius 3 is 2.56 bits per heavy atom. The number of methoxy groups -OCH3 is 1. The summed E-state index contributed by atoms with van der Waals surface area (Å²) in [6.07, 6.45) is 0. The van der Waals surface area contributed by atoms with Crippen LogP contribution in [0.5, 0.6) is 5.75 Å². The second-order valence-electron chi connectivity index (χ2n) is 4.70. The Balaban J connectivity index is 2.86. The molecule has 0 saturated heterocycles. The zero-order chi connectivity index (χ0) is 13.7. The number of hydrogen-bond acceptors (Lipinski definition) is 3. The van der Waals surface area contributed by atoms with Crippen molar-refractivity contribution < 1.29 is 9.53 Å². The van der Waals surface area contributed by atoms with Crippen LogP contribution in [0.3, 0.4) is 0 Å². The predicted octanol–water partition coefficient (Wildman–Crippen LogP) is 1.78. The monoisotopic (exact) mass is 250 g/mol. The lowest BCUT2D eigenvalue weighted by Gasteiger charge is -2.28. The summed E-state index contributed by atoms with van der Waals surface area (Å²) in [5.41, 5.74) is 6.71. The van der Waals surface area contributed by atoms with E-state index in [0.29, 0.717) is 6.54 Å². The first-order valence-electron chi connectivity index (χ1n) is 6.14. The van der Waals surface area contributed by atoms with E-state index in [4.69, 9.17) is 10.5 Å². The molecule has 0 bridgehead atoms. The fraction of sp³-hybridized carbons (Fsp3) is 0.500. The second kappa shape index (κ2) is 6.40. The van der Waals surface area contributed by atoms with Crippen LogP contribution in [0.1, 0.15) is 26.3 Å². The maximum Gasteiger partial charge on any atom is 0.239 e. The number of ether oxygens (including phenoxy) is 1. The first-order chi connectivity index (χ1) is 8.45. The highest BCUT2D eigenvalue weighted by Gasteiger charge is 2.20. The van der Waals surface area contributed by atoms with Gasteiger partial charge in [0.15, 0.2) is 0 Å². The number of benzene rings is 1. The zero-order valence-electron chi connectivity index (χ0n) is 11.5. The minimum atomic E-state index is -0.474. The van der Waals surface area contributed by atoms with Gasteiger partial charge in [-0.25, -0.2) is 0 Å². The highest BCUT2D eigenvalue weighted by atomic mass is 16.5. The van der Waals surface area contributed by atoms with Gasteiger partial charge in [0.1, 0.15) is 5.75 Å². The Morgan fingerprint density at radius 2 is 2.06 bits per heavy atom. The minimum Gasteiger partial charge on any atom is -0.497 e. The molecule has 0 unspecified atom stereocenters. The molecule has 0 radical (unpaired) electrons. The molecular formula is C14H22N2O2. The van der Waals surface area contributed by atoms with E-state index in [1.807, 2.05) is 38.1 Å². The summed E-state index contributed by atoms with van der Waals surface area (Å²) in [7, 11) is 1.63. The van der Waals surface area contributed by atoms with Gasteiger partial charge < -0.3 is 15.4 Å². The van der Waals surface area contributed by atoms with Gasteiger partial charge in [-0.05, 0) is 38.5 Å². The largest absolute Gasteiger partial charge is 0.497 e. The van der Waals surface area contributed by atoms with Crippen molar-refractivity contribution in [2.75, 3.05) is 7.11 Å². The van der Waals surface area contributed by atoms with Crippen LogP contribution in [0, 0.1) is 0 Å². The Labute approximate surface area is 109 Å². The van der Waals surface area contributed by atoms with Gasteiger partial charge in [-0.1, -0.05) is 12.1 Å². The highest BCUT2D eigenvalue weighted by molar-refractivity contribution is 5.81. The maximum atomic E-state index is 12.0. The van der Waals surface area contributed by atoms with Crippen LogP contribution in [-0.2, 0) is 11.3 Å². The van der Waals surface area contributed by atoms with Gasteiger partial charge in [-0.2, -0.15) is 0 Å². The third kappa shape index (κ3) is 3.74. The number of hydrogen-bond donors (Lipinski definition) is 1. The molecule has 1 aromatic rings. The molecule has 0 saturated carbocycles. The van der Waals surface area contributed by atoms with Crippen molar-refractivity contribution in [1.82, 2.24) is 4.90 Å². The lowest BCUT2D eigenvalue weighted by atomic mass is 10.1. The zero-order valence-corrected chi connectivity index (χ0v) is 11.5. The van der Waals surface area contributed by atoms with E-state index in [1.165, 1.54) is 0 Å². The molecule has 100 valence electrons. The SMILES string of the molecule is COc1cccc(CN(C(=O)[C@H](C)N)C(C)C)c1. The molecule has 1 rings (SSSR count). The molecule has 1 aromatic carbocycles. The van der Waals surface area contributed by atoms with Gasteiger partial charge in [0.05, 0.1) is 13.2 Å². The number of carbonyl (C=O) groups is 1. The normalized spacial score (nSPS) is 12.3. The molecule has 0 aliphatic carbocycles. The standard InChI is InChI=1S/C14H22N2O2/c1-10(2)16(14(17)11(3)15)9-12-6-5-7-13(8-12)18-4/h5-8,10-11H,9,15H2,1-4H3/t11-/m0/s1. The number of carbonyl (C=O) groups excluding carboxylic acids is 1. The number of rotatable bonds is 5. The molecule has 0 fully saturated rings. The van der Waals surface area contributed by atoms with Crippen molar-refractivity contribution in [1.29, 1.82) is 0 Å². The third-order valence-corrected chi connectivity index (χ3v) is 2.78. The molecule has 0 heterocycles. The molecular weight excluding hydrogens is 228 g/mol. The molecule has 0 aliphatic heterocycles. The molecule has 0 aromatic heterocycles. The maximum absolute atomic E-state index is 12.0. The van der Waals surface area contributed by atoms with Crippen LogP contribution in [0.25, 0.3) is 0 Å². The van der Waals surface area contributed by atoms with Crippen molar-refractivity contribution in [3.05, 3.63) is 29.8 Å². The second-order valence-corrected chi connectivity index (χ2v) is 4.70. The predicted molar refractivity (Wildman–Crippen MR) is 72.3 cm³/mol. The van der Waals surface area contributed by atoms with Crippen molar-refractivity contribution in [2.24, 2.45) is 5.73 Å². The van der Waals surface area contributed by atoms with Gasteiger partial charge in [-0.3, -0.25) is 4.79 Å². The highest BCUT2D eigenvalue weighted by Crippen LogP contribution is 2.16. The summed E-state index contributed by atoms with van der Waals surface area (Å²) in [6, 6.07) is 7.36. The Bertz CT molecular complexity index is 403. The smallest absolute Gasteiger partial charge is 0.239 e. The number of amides is 1. The van der Waals surface area contributed by atoms with E-state index in [-0.39, 0.29) is 11.9 Å². The fourth-order valence-corrected chi connectivity index (χ4v) is 1.74. The number of nitrogens with zero attached hydrogens (tertiary/aromatic N) is 1. The summed E-state index contributed by atoms with van der Waals surface area (Å²) in [5, 5.41) is 0. The van der Waals surface area contributed by atoms with Crippen LogP contribution in [-0.4, -0.2) is 30.0 Å². The lowest BCUT2D eigenvalue weighted by Crippen LogP contribution is -2.45. The lowest BCUT2D eigenvalue weighted by molar-refractivity contribution is -0.134. The first-order valence-corrected chi connectivity index (χ1v) is 6.14. The van der Waals surface area contributed by atoms with Crippen LogP contribution in [0.15, 0.2) is 24.3 Å². The van der Waals surface area contributed by atoms with Crippen molar-refractivity contribution in [3.8, 4) is 5.75 Å². The van der Waals surface area contributed by atoms with Gasteiger partial charge in [0, 0.05) is 12.6 Å². The fourth-order valence-electron chi connectivity index (χ4n) is 1.74. The molecule has 1 amide bonds. The summed E-state index contributed by atoms with van der Waals surface area (Å²) in [5.74, 6) is 0.761. The molecule has 18 heavy (non-hydrogen) atoms. The van der Waals surface area contributed by atoms with E-state index in [1.54, 1.807) is 18.9 Å². The van der Waals surface area contributed by atoms with E-state index in [0.717, 1.165) is 11.3 Å². The average molecular weight is 250 g/mol. The van der Waals surface area contributed by atoms with E-state index >= 15 is 0 Å². The summed E-state index contributed by atoms with van der Waals surface area (Å²) in [6.45, 7) is 6.24. The van der Waals surface area contributed by atoms with E-state index < -0.39 is 6.04 Å². The molecule has 1 atom stereocenters. The van der Waals surface area contributed by atoms with Crippen molar-refractivity contribution in [2.45, 2.75) is 39.4 Å².